The number of para-hydroxylation sites is 1. The second kappa shape index (κ2) is 10.8. The molecule has 0 saturated carbocycles. The highest BCUT2D eigenvalue weighted by Crippen LogP contribution is 2.19. The van der Waals surface area contributed by atoms with Gasteiger partial charge < -0.3 is 15.7 Å². The molecule has 0 spiro atoms. The number of halogens is 1. The van der Waals surface area contributed by atoms with Crippen LogP contribution in [0, 0.1) is 0 Å². The van der Waals surface area contributed by atoms with Crippen molar-refractivity contribution in [1.29, 1.82) is 0 Å². The van der Waals surface area contributed by atoms with Crippen LogP contribution in [0.5, 0.6) is 0 Å². The van der Waals surface area contributed by atoms with E-state index in [0.29, 0.717) is 39.0 Å². The number of thioether (sulfide) groups is 1. The van der Waals surface area contributed by atoms with Crippen molar-refractivity contribution in [3.63, 3.8) is 0 Å². The van der Waals surface area contributed by atoms with E-state index in [1.165, 1.54) is 11.8 Å². The van der Waals surface area contributed by atoms with Crippen molar-refractivity contribution in [2.24, 2.45) is 0 Å². The fourth-order valence-corrected chi connectivity index (χ4v) is 3.67. The van der Waals surface area contributed by atoms with E-state index in [1.807, 2.05) is 24.3 Å². The van der Waals surface area contributed by atoms with Crippen molar-refractivity contribution < 1.29 is 14.7 Å². The fourth-order valence-electron chi connectivity index (χ4n) is 2.75. The van der Waals surface area contributed by atoms with E-state index in [4.69, 9.17) is 11.6 Å². The minimum absolute atomic E-state index is 0.142. The Morgan fingerprint density at radius 2 is 1.70 bits per heavy atom. The number of aliphatic hydroxyl groups excluding tert-OH is 1. The highest BCUT2D eigenvalue weighted by atomic mass is 35.5. The van der Waals surface area contributed by atoms with Crippen LogP contribution in [0.25, 0.3) is 0 Å². The van der Waals surface area contributed by atoms with Crippen molar-refractivity contribution in [2.75, 3.05) is 16.4 Å². The van der Waals surface area contributed by atoms with Gasteiger partial charge in [0.05, 0.1) is 12.4 Å². The van der Waals surface area contributed by atoms with Gasteiger partial charge in [-0.3, -0.25) is 9.59 Å². The lowest BCUT2D eigenvalue weighted by Crippen LogP contribution is -2.16. The number of hydrogen-bond acceptors (Lipinski definition) is 4. The molecule has 0 aromatic heterocycles. The lowest BCUT2D eigenvalue weighted by atomic mass is 10.1. The molecular formula is C23H21ClN2O3S. The summed E-state index contributed by atoms with van der Waals surface area (Å²) < 4.78 is 0. The number of amides is 2. The summed E-state index contributed by atoms with van der Waals surface area (Å²) in [5.41, 5.74) is 3.25. The molecule has 7 heteroatoms. The lowest BCUT2D eigenvalue weighted by molar-refractivity contribution is -0.113. The SMILES string of the molecule is O=C(CSCc1ccc(Cl)cc1)Nc1cccc(C(=O)Nc2ccccc2CO)c1. The summed E-state index contributed by atoms with van der Waals surface area (Å²) in [7, 11) is 0. The van der Waals surface area contributed by atoms with Crippen LogP contribution >= 0.6 is 23.4 Å². The number of carbonyl (C=O) groups is 2. The normalized spacial score (nSPS) is 10.5. The number of rotatable bonds is 8. The first-order valence-electron chi connectivity index (χ1n) is 9.27. The topological polar surface area (TPSA) is 78.4 Å². The number of nitrogens with one attached hydrogen (secondary N) is 2. The van der Waals surface area contributed by atoms with Crippen LogP contribution in [0.15, 0.2) is 72.8 Å². The number of benzene rings is 3. The predicted molar refractivity (Wildman–Crippen MR) is 123 cm³/mol. The van der Waals surface area contributed by atoms with Crippen molar-refractivity contribution in [2.45, 2.75) is 12.4 Å². The summed E-state index contributed by atoms with van der Waals surface area (Å²) in [5.74, 6) is 0.543. The maximum atomic E-state index is 12.6. The molecule has 0 unspecified atom stereocenters. The molecule has 0 radical (unpaired) electrons. The molecule has 5 nitrogen and oxygen atoms in total. The number of anilines is 2. The Bertz CT molecular complexity index is 1020. The zero-order valence-electron chi connectivity index (χ0n) is 16.1. The first-order chi connectivity index (χ1) is 14.5. The second-order valence-electron chi connectivity index (χ2n) is 6.52. The van der Waals surface area contributed by atoms with Crippen molar-refractivity contribution in [3.05, 3.63) is 94.5 Å². The summed E-state index contributed by atoms with van der Waals surface area (Å²) >= 11 is 7.37. The van der Waals surface area contributed by atoms with E-state index < -0.39 is 0 Å². The smallest absolute Gasteiger partial charge is 0.255 e. The molecule has 3 rings (SSSR count). The highest BCUT2D eigenvalue weighted by molar-refractivity contribution is 7.99. The van der Waals surface area contributed by atoms with Gasteiger partial charge in [-0.05, 0) is 42.0 Å². The first kappa shape index (κ1) is 21.9. The molecule has 2 amide bonds. The van der Waals surface area contributed by atoms with E-state index in [0.717, 1.165) is 5.56 Å². The summed E-state index contributed by atoms with van der Waals surface area (Å²) in [4.78, 5) is 24.8. The Morgan fingerprint density at radius 3 is 2.47 bits per heavy atom. The Morgan fingerprint density at radius 1 is 0.933 bits per heavy atom. The molecule has 0 aliphatic carbocycles. The first-order valence-corrected chi connectivity index (χ1v) is 10.8. The van der Waals surface area contributed by atoms with Gasteiger partial charge in [-0.2, -0.15) is 0 Å². The van der Waals surface area contributed by atoms with Crippen LogP contribution in [-0.2, 0) is 17.2 Å². The minimum atomic E-state index is -0.316. The van der Waals surface area contributed by atoms with E-state index in [-0.39, 0.29) is 18.4 Å². The van der Waals surface area contributed by atoms with Gasteiger partial charge in [0.2, 0.25) is 5.91 Å². The largest absolute Gasteiger partial charge is 0.392 e. The Balaban J connectivity index is 1.54. The van der Waals surface area contributed by atoms with Gasteiger partial charge in [0.15, 0.2) is 0 Å². The summed E-state index contributed by atoms with van der Waals surface area (Å²) in [5, 5.41) is 15.7. The number of hydrogen-bond donors (Lipinski definition) is 3. The molecule has 0 saturated heterocycles. The van der Waals surface area contributed by atoms with Crippen LogP contribution in [0.3, 0.4) is 0 Å². The van der Waals surface area contributed by atoms with Gasteiger partial charge in [0.1, 0.15) is 0 Å². The van der Waals surface area contributed by atoms with Gasteiger partial charge in [-0.25, -0.2) is 0 Å². The molecule has 0 aliphatic rings. The van der Waals surface area contributed by atoms with Crippen molar-refractivity contribution >= 4 is 46.6 Å². The van der Waals surface area contributed by atoms with Gasteiger partial charge >= 0.3 is 0 Å². The van der Waals surface area contributed by atoms with Crippen LogP contribution in [0.2, 0.25) is 5.02 Å². The van der Waals surface area contributed by atoms with Crippen molar-refractivity contribution in [1.82, 2.24) is 0 Å². The standard InChI is InChI=1S/C23H21ClN2O3S/c24-19-10-8-16(9-11-19)14-30-15-22(28)25-20-6-3-5-17(12-20)23(29)26-21-7-2-1-4-18(21)13-27/h1-12,27H,13-15H2,(H,25,28)(H,26,29). The number of aliphatic hydroxyl groups is 1. The van der Waals surface area contributed by atoms with Gasteiger partial charge in [0, 0.05) is 33.3 Å². The molecule has 0 aliphatic heterocycles. The molecule has 0 atom stereocenters. The zero-order chi connectivity index (χ0) is 21.3. The average Bonchev–Trinajstić information content (AvgIpc) is 2.75. The molecule has 3 aromatic rings. The van der Waals surface area contributed by atoms with Crippen LogP contribution in [0.4, 0.5) is 11.4 Å². The average molecular weight is 441 g/mol. The Hall–Kier alpha value is -2.80. The highest BCUT2D eigenvalue weighted by Gasteiger charge is 2.10. The fraction of sp³-hybridized carbons (Fsp3) is 0.130. The van der Waals surface area contributed by atoms with Crippen LogP contribution in [-0.4, -0.2) is 22.7 Å². The quantitative estimate of drug-likeness (QED) is 0.462. The molecule has 0 heterocycles. The third-order valence-corrected chi connectivity index (χ3v) is 5.52. The number of carbonyl (C=O) groups excluding carboxylic acids is 2. The van der Waals surface area contributed by atoms with Gasteiger partial charge in [0.25, 0.3) is 5.91 Å². The van der Waals surface area contributed by atoms with Crippen LogP contribution < -0.4 is 10.6 Å². The third kappa shape index (κ3) is 6.35. The second-order valence-corrected chi connectivity index (χ2v) is 7.94. The molecule has 0 fully saturated rings. The third-order valence-electron chi connectivity index (χ3n) is 4.26. The summed E-state index contributed by atoms with van der Waals surface area (Å²) in [6.07, 6.45) is 0. The van der Waals surface area contributed by atoms with Crippen LogP contribution in [0.1, 0.15) is 21.5 Å². The van der Waals surface area contributed by atoms with Crippen molar-refractivity contribution in [3.8, 4) is 0 Å². The monoisotopic (exact) mass is 440 g/mol. The maximum Gasteiger partial charge on any atom is 0.255 e. The molecule has 154 valence electrons. The zero-order valence-corrected chi connectivity index (χ0v) is 17.7. The molecule has 0 bridgehead atoms. The van der Waals surface area contributed by atoms with E-state index in [9.17, 15) is 14.7 Å². The van der Waals surface area contributed by atoms with E-state index >= 15 is 0 Å². The summed E-state index contributed by atoms with van der Waals surface area (Å²) in [6.45, 7) is -0.166. The predicted octanol–water partition coefficient (Wildman–Crippen LogP) is 4.96. The Kier molecular flexibility index (Phi) is 7.90. The lowest BCUT2D eigenvalue weighted by Gasteiger charge is -2.11. The maximum absolute atomic E-state index is 12.6. The molecule has 3 aromatic carbocycles. The molecule has 30 heavy (non-hydrogen) atoms. The van der Waals surface area contributed by atoms with E-state index in [1.54, 1.807) is 48.5 Å². The van der Waals surface area contributed by atoms with E-state index in [2.05, 4.69) is 10.6 Å². The molecular weight excluding hydrogens is 420 g/mol. The van der Waals surface area contributed by atoms with Gasteiger partial charge in [-0.15, -0.1) is 11.8 Å². The van der Waals surface area contributed by atoms with Gasteiger partial charge in [-0.1, -0.05) is 48.0 Å². The summed E-state index contributed by atoms with van der Waals surface area (Å²) in [6, 6.07) is 21.3. The Labute approximate surface area is 184 Å². The minimum Gasteiger partial charge on any atom is -0.392 e. The molecule has 3 N–H and O–H groups in total.